The summed E-state index contributed by atoms with van der Waals surface area (Å²) >= 11 is 0. The minimum Gasteiger partial charge on any atom is -0.391 e. The first-order valence-corrected chi connectivity index (χ1v) is 12.3. The molecule has 1 unspecified atom stereocenters. The first-order chi connectivity index (χ1) is 17.5. The lowest BCUT2D eigenvalue weighted by atomic mass is 10.1. The van der Waals surface area contributed by atoms with E-state index >= 15 is 0 Å². The molecular weight excluding hydrogens is 454 g/mol. The first kappa shape index (κ1) is 22.3. The number of H-pyrrole nitrogens is 1. The molecule has 4 N–H and O–H groups in total. The number of fused-ring (bicyclic) bond motifs is 1. The number of aliphatic hydroxyl groups is 1. The third-order valence-corrected chi connectivity index (χ3v) is 6.73. The van der Waals surface area contributed by atoms with Crippen molar-refractivity contribution in [1.29, 1.82) is 0 Å². The number of carbonyl (C=O) groups excluding carboxylic acids is 2. The van der Waals surface area contributed by atoms with Crippen molar-refractivity contribution in [2.45, 2.75) is 31.4 Å². The highest BCUT2D eigenvalue weighted by Gasteiger charge is 2.24. The summed E-state index contributed by atoms with van der Waals surface area (Å²) in [6.45, 7) is 1.44. The molecule has 0 radical (unpaired) electrons. The maximum atomic E-state index is 12.8. The van der Waals surface area contributed by atoms with Crippen LogP contribution in [0.15, 0.2) is 66.7 Å². The summed E-state index contributed by atoms with van der Waals surface area (Å²) < 4.78 is 0. The Hall–Kier alpha value is -4.17. The van der Waals surface area contributed by atoms with Gasteiger partial charge in [-0.25, -0.2) is 4.98 Å². The average molecular weight is 482 g/mol. The van der Waals surface area contributed by atoms with E-state index in [0.29, 0.717) is 35.2 Å². The number of imidazole rings is 1. The van der Waals surface area contributed by atoms with Crippen molar-refractivity contribution >= 4 is 34.2 Å². The molecule has 36 heavy (non-hydrogen) atoms. The molecule has 1 aromatic heterocycles. The molecule has 2 heterocycles. The lowest BCUT2D eigenvalue weighted by molar-refractivity contribution is 0.0950. The van der Waals surface area contributed by atoms with Gasteiger partial charge in [0.05, 0.1) is 17.1 Å². The molecule has 0 spiro atoms. The van der Waals surface area contributed by atoms with Crippen LogP contribution >= 0.6 is 0 Å². The highest BCUT2D eigenvalue weighted by Crippen LogP contribution is 2.25. The van der Waals surface area contributed by atoms with Crippen LogP contribution in [0, 0.1) is 0 Å². The van der Waals surface area contributed by atoms with Gasteiger partial charge >= 0.3 is 0 Å². The fourth-order valence-electron chi connectivity index (χ4n) is 4.50. The largest absolute Gasteiger partial charge is 0.391 e. The van der Waals surface area contributed by atoms with Crippen LogP contribution in [-0.4, -0.2) is 52.1 Å². The molecule has 1 aliphatic carbocycles. The normalized spacial score (nSPS) is 17.4. The van der Waals surface area contributed by atoms with Gasteiger partial charge in [-0.2, -0.15) is 0 Å². The zero-order valence-corrected chi connectivity index (χ0v) is 19.7. The molecule has 2 amide bonds. The predicted octanol–water partition coefficient (Wildman–Crippen LogP) is 3.95. The molecular formula is C28H27N5O3. The third-order valence-electron chi connectivity index (χ3n) is 6.73. The number of anilines is 2. The zero-order valence-electron chi connectivity index (χ0n) is 19.7. The number of hydrogen-bond donors (Lipinski definition) is 4. The van der Waals surface area contributed by atoms with Crippen molar-refractivity contribution in [3.05, 3.63) is 77.9 Å². The molecule has 1 saturated carbocycles. The van der Waals surface area contributed by atoms with Gasteiger partial charge in [0, 0.05) is 47.2 Å². The van der Waals surface area contributed by atoms with E-state index in [1.165, 1.54) is 0 Å². The van der Waals surface area contributed by atoms with Crippen LogP contribution in [0.25, 0.3) is 22.4 Å². The quantitative estimate of drug-likeness (QED) is 0.333. The van der Waals surface area contributed by atoms with Gasteiger partial charge in [-0.1, -0.05) is 12.1 Å². The maximum absolute atomic E-state index is 12.8. The molecule has 3 aromatic carbocycles. The summed E-state index contributed by atoms with van der Waals surface area (Å²) in [5, 5.41) is 15.7. The van der Waals surface area contributed by atoms with Crippen LogP contribution in [0.4, 0.5) is 11.4 Å². The van der Waals surface area contributed by atoms with Gasteiger partial charge in [0.25, 0.3) is 11.8 Å². The van der Waals surface area contributed by atoms with Gasteiger partial charge in [-0.3, -0.25) is 9.59 Å². The second-order valence-corrected chi connectivity index (χ2v) is 9.53. The Morgan fingerprint density at radius 1 is 0.917 bits per heavy atom. The van der Waals surface area contributed by atoms with Crippen molar-refractivity contribution in [1.82, 2.24) is 15.3 Å². The Morgan fingerprint density at radius 2 is 1.64 bits per heavy atom. The number of nitrogens with one attached hydrogen (secondary N) is 3. The maximum Gasteiger partial charge on any atom is 0.255 e. The lowest BCUT2D eigenvalue weighted by Gasteiger charge is -2.18. The first-order valence-electron chi connectivity index (χ1n) is 12.3. The van der Waals surface area contributed by atoms with Crippen molar-refractivity contribution in [3.8, 4) is 11.4 Å². The zero-order chi connectivity index (χ0) is 24.6. The van der Waals surface area contributed by atoms with E-state index in [1.54, 1.807) is 12.1 Å². The number of carbonyl (C=O) groups is 2. The molecule has 182 valence electrons. The molecule has 2 aliphatic rings. The van der Waals surface area contributed by atoms with Crippen molar-refractivity contribution in [2.75, 3.05) is 23.3 Å². The summed E-state index contributed by atoms with van der Waals surface area (Å²) in [6, 6.07) is 20.7. The van der Waals surface area contributed by atoms with E-state index in [2.05, 4.69) is 25.5 Å². The Labute approximate surface area is 208 Å². The van der Waals surface area contributed by atoms with Gasteiger partial charge in [0.15, 0.2) is 0 Å². The Kier molecular flexibility index (Phi) is 5.65. The minimum absolute atomic E-state index is 0.0430. The van der Waals surface area contributed by atoms with E-state index in [0.717, 1.165) is 48.1 Å². The number of nitrogens with zero attached hydrogens (tertiary/aromatic N) is 2. The highest BCUT2D eigenvalue weighted by molar-refractivity contribution is 6.05. The molecule has 1 saturated heterocycles. The summed E-state index contributed by atoms with van der Waals surface area (Å²) in [5.74, 6) is 0.460. The number of amides is 2. The van der Waals surface area contributed by atoms with Crippen LogP contribution in [0.3, 0.4) is 0 Å². The van der Waals surface area contributed by atoms with Crippen molar-refractivity contribution < 1.29 is 14.7 Å². The minimum atomic E-state index is -0.289. The molecule has 6 rings (SSSR count). The smallest absolute Gasteiger partial charge is 0.255 e. The number of benzene rings is 3. The number of aromatic nitrogens is 2. The number of rotatable bonds is 6. The molecule has 1 aliphatic heterocycles. The summed E-state index contributed by atoms with van der Waals surface area (Å²) in [6.07, 6.45) is 2.59. The van der Waals surface area contributed by atoms with Gasteiger partial charge < -0.3 is 25.6 Å². The standard InChI is InChI=1S/C28H27N5O3/c34-23-13-14-33(16-23)22-10-5-19(6-11-22)28(36)30-21-9-12-24-25(15-21)32-26(31-24)17-1-3-18(4-2-17)27(35)29-20-7-8-20/h1-6,9-12,15,20,23,34H,7-8,13-14,16H2,(H,29,35)(H,30,36)(H,31,32). The fourth-order valence-corrected chi connectivity index (χ4v) is 4.50. The van der Waals surface area contributed by atoms with E-state index in [-0.39, 0.29) is 17.9 Å². The Balaban J connectivity index is 1.14. The topological polar surface area (TPSA) is 110 Å². The van der Waals surface area contributed by atoms with Crippen LogP contribution in [0.1, 0.15) is 40.0 Å². The van der Waals surface area contributed by atoms with Gasteiger partial charge in [-0.05, 0) is 73.9 Å². The van der Waals surface area contributed by atoms with Crippen LogP contribution in [0.5, 0.6) is 0 Å². The molecule has 0 bridgehead atoms. The van der Waals surface area contributed by atoms with Gasteiger partial charge in [-0.15, -0.1) is 0 Å². The van der Waals surface area contributed by atoms with Gasteiger partial charge in [0.1, 0.15) is 5.82 Å². The monoisotopic (exact) mass is 481 g/mol. The fraction of sp³-hybridized carbons (Fsp3) is 0.250. The van der Waals surface area contributed by atoms with Crippen molar-refractivity contribution in [2.24, 2.45) is 0 Å². The van der Waals surface area contributed by atoms with E-state index in [1.807, 2.05) is 54.6 Å². The summed E-state index contributed by atoms with van der Waals surface area (Å²) in [4.78, 5) is 35.1. The number of β-amino-alcohol motifs (C(OH)–C–C–N with tert-alkyl or cyclic N) is 1. The molecule has 8 heteroatoms. The second kappa shape index (κ2) is 9.13. The molecule has 4 aromatic rings. The summed E-state index contributed by atoms with van der Waals surface area (Å²) in [7, 11) is 0. The second-order valence-electron chi connectivity index (χ2n) is 9.53. The lowest BCUT2D eigenvalue weighted by Crippen LogP contribution is -2.25. The number of aliphatic hydroxyl groups excluding tert-OH is 1. The van der Waals surface area contributed by atoms with Crippen molar-refractivity contribution in [3.63, 3.8) is 0 Å². The molecule has 1 atom stereocenters. The predicted molar refractivity (Wildman–Crippen MR) is 139 cm³/mol. The molecule has 8 nitrogen and oxygen atoms in total. The SMILES string of the molecule is O=C(Nc1ccc2[nH]c(-c3ccc(C(=O)NC4CC4)cc3)nc2c1)c1ccc(N2CCC(O)C2)cc1. The Bertz CT molecular complexity index is 1420. The molecule has 2 fully saturated rings. The van der Waals surface area contributed by atoms with Crippen LogP contribution in [0.2, 0.25) is 0 Å². The Morgan fingerprint density at radius 3 is 2.33 bits per heavy atom. The van der Waals surface area contributed by atoms with E-state index < -0.39 is 0 Å². The summed E-state index contributed by atoms with van der Waals surface area (Å²) in [5.41, 5.74) is 5.34. The van der Waals surface area contributed by atoms with Gasteiger partial charge in [0.2, 0.25) is 0 Å². The number of hydrogen-bond acceptors (Lipinski definition) is 5. The third kappa shape index (κ3) is 4.67. The highest BCUT2D eigenvalue weighted by atomic mass is 16.3. The van der Waals surface area contributed by atoms with E-state index in [4.69, 9.17) is 0 Å². The van der Waals surface area contributed by atoms with Crippen LogP contribution < -0.4 is 15.5 Å². The average Bonchev–Trinajstić information content (AvgIpc) is 3.43. The van der Waals surface area contributed by atoms with E-state index in [9.17, 15) is 14.7 Å². The number of aromatic amines is 1. The van der Waals surface area contributed by atoms with Crippen LogP contribution in [-0.2, 0) is 0 Å².